The van der Waals surface area contributed by atoms with Gasteiger partial charge in [0.1, 0.15) is 10.7 Å². The van der Waals surface area contributed by atoms with Crippen LogP contribution in [-0.2, 0) is 27.4 Å². The molecule has 4 rings (SSSR count). The Morgan fingerprint density at radius 1 is 0.895 bits per heavy atom. The van der Waals surface area contributed by atoms with E-state index in [2.05, 4.69) is 10.6 Å². The van der Waals surface area contributed by atoms with Crippen molar-refractivity contribution >= 4 is 52.6 Å². The fraction of sp³-hybridized carbons (Fsp3) is 0.143. The van der Waals surface area contributed by atoms with E-state index in [-0.39, 0.29) is 36.3 Å². The molecule has 194 valence electrons. The first-order chi connectivity index (χ1) is 18.3. The van der Waals surface area contributed by atoms with Crippen LogP contribution in [0.25, 0.3) is 0 Å². The molecule has 0 fully saturated rings. The van der Waals surface area contributed by atoms with E-state index in [1.54, 1.807) is 79.7 Å². The number of hydrogen-bond donors (Lipinski definition) is 2. The van der Waals surface area contributed by atoms with Crippen molar-refractivity contribution in [1.82, 2.24) is 10.2 Å². The van der Waals surface area contributed by atoms with E-state index in [1.165, 1.54) is 0 Å². The molecule has 2 N–H and O–H groups in total. The van der Waals surface area contributed by atoms with E-state index in [9.17, 15) is 19.2 Å². The molecular formula is C28H23Cl2N3O5. The lowest BCUT2D eigenvalue weighted by atomic mass is 10.1. The van der Waals surface area contributed by atoms with Crippen molar-refractivity contribution in [1.29, 1.82) is 0 Å². The topological polar surface area (TPSA) is 105 Å². The van der Waals surface area contributed by atoms with Gasteiger partial charge in [-0.1, -0.05) is 59.6 Å². The second kappa shape index (κ2) is 11.9. The molecule has 0 spiro atoms. The van der Waals surface area contributed by atoms with Crippen molar-refractivity contribution in [2.75, 3.05) is 11.9 Å². The lowest BCUT2D eigenvalue weighted by Crippen LogP contribution is -2.33. The zero-order chi connectivity index (χ0) is 27.2. The fourth-order valence-corrected chi connectivity index (χ4v) is 4.19. The van der Waals surface area contributed by atoms with Crippen LogP contribution in [0, 0.1) is 0 Å². The van der Waals surface area contributed by atoms with Gasteiger partial charge in [-0.15, -0.1) is 0 Å². The van der Waals surface area contributed by atoms with Crippen molar-refractivity contribution < 1.29 is 23.9 Å². The number of nitrogens with one attached hydrogen (secondary N) is 2. The summed E-state index contributed by atoms with van der Waals surface area (Å²) in [5.41, 5.74) is 2.58. The first-order valence-corrected chi connectivity index (χ1v) is 12.4. The van der Waals surface area contributed by atoms with Gasteiger partial charge in [-0.2, -0.15) is 0 Å². The summed E-state index contributed by atoms with van der Waals surface area (Å²) in [5.74, 6) is -1.97. The maximum absolute atomic E-state index is 12.9. The highest BCUT2D eigenvalue weighted by molar-refractivity contribution is 6.47. The monoisotopic (exact) mass is 551 g/mol. The quantitative estimate of drug-likeness (QED) is 0.290. The minimum absolute atomic E-state index is 0.00520. The van der Waals surface area contributed by atoms with Crippen molar-refractivity contribution in [2.45, 2.75) is 20.0 Å². The second-order valence-electron chi connectivity index (χ2n) is 8.28. The Hall–Kier alpha value is -4.14. The van der Waals surface area contributed by atoms with Gasteiger partial charge in [-0.05, 0) is 54.4 Å². The summed E-state index contributed by atoms with van der Waals surface area (Å²) in [6.07, 6.45) is 0. The summed E-state index contributed by atoms with van der Waals surface area (Å²) in [6, 6.07) is 20.1. The van der Waals surface area contributed by atoms with Crippen LogP contribution in [0.2, 0.25) is 5.02 Å². The van der Waals surface area contributed by atoms with E-state index in [0.717, 1.165) is 10.5 Å². The van der Waals surface area contributed by atoms with Crippen molar-refractivity contribution in [3.63, 3.8) is 0 Å². The SMILES string of the molecule is CCOC(=O)c1cccc(NC(=O)c2ccc(CNC3=C(Cl)C(=O)N(Cc4ccccc4Cl)C3=O)cc2)c1. The van der Waals surface area contributed by atoms with Gasteiger partial charge < -0.3 is 15.4 Å². The largest absolute Gasteiger partial charge is 0.462 e. The lowest BCUT2D eigenvalue weighted by Gasteiger charge is -2.16. The first kappa shape index (κ1) is 26.9. The molecule has 0 unspecified atom stereocenters. The molecule has 0 saturated heterocycles. The van der Waals surface area contributed by atoms with Gasteiger partial charge in [-0.25, -0.2) is 4.79 Å². The molecule has 3 amide bonds. The molecule has 0 bridgehead atoms. The average Bonchev–Trinajstić information content (AvgIpc) is 3.11. The maximum Gasteiger partial charge on any atom is 0.338 e. The number of anilines is 1. The zero-order valence-electron chi connectivity index (χ0n) is 20.3. The molecule has 0 saturated carbocycles. The Bertz CT molecular complexity index is 1440. The first-order valence-electron chi connectivity index (χ1n) is 11.7. The number of carbonyl (C=O) groups excluding carboxylic acids is 4. The predicted molar refractivity (Wildman–Crippen MR) is 144 cm³/mol. The molecule has 0 aliphatic carbocycles. The number of rotatable bonds is 9. The number of imide groups is 1. The fourth-order valence-electron chi connectivity index (χ4n) is 3.75. The highest BCUT2D eigenvalue weighted by Gasteiger charge is 2.37. The molecule has 1 heterocycles. The molecule has 1 aliphatic rings. The predicted octanol–water partition coefficient (Wildman–Crippen LogP) is 4.88. The van der Waals surface area contributed by atoms with E-state index >= 15 is 0 Å². The van der Waals surface area contributed by atoms with Gasteiger partial charge in [0.05, 0.1) is 18.7 Å². The molecule has 1 aliphatic heterocycles. The van der Waals surface area contributed by atoms with Crippen molar-refractivity contribution in [2.24, 2.45) is 0 Å². The zero-order valence-corrected chi connectivity index (χ0v) is 21.8. The molecule has 10 heteroatoms. The third-order valence-corrected chi connectivity index (χ3v) is 6.43. The number of hydrogen-bond acceptors (Lipinski definition) is 6. The van der Waals surface area contributed by atoms with Crippen LogP contribution < -0.4 is 10.6 Å². The highest BCUT2D eigenvalue weighted by Crippen LogP contribution is 2.26. The van der Waals surface area contributed by atoms with Crippen LogP contribution in [0.15, 0.2) is 83.5 Å². The van der Waals surface area contributed by atoms with Gasteiger partial charge in [-0.3, -0.25) is 19.3 Å². The number of benzene rings is 3. The number of esters is 1. The number of halogens is 2. The minimum Gasteiger partial charge on any atom is -0.462 e. The third kappa shape index (κ3) is 6.04. The summed E-state index contributed by atoms with van der Waals surface area (Å²) >= 11 is 12.3. The van der Waals surface area contributed by atoms with Crippen LogP contribution in [0.3, 0.4) is 0 Å². The summed E-state index contributed by atoms with van der Waals surface area (Å²) < 4.78 is 4.99. The second-order valence-corrected chi connectivity index (χ2v) is 9.07. The van der Waals surface area contributed by atoms with Crippen LogP contribution in [0.5, 0.6) is 0 Å². The minimum atomic E-state index is -0.599. The Balaban J connectivity index is 1.36. The molecule has 3 aromatic rings. The van der Waals surface area contributed by atoms with E-state index in [0.29, 0.717) is 27.4 Å². The third-order valence-electron chi connectivity index (χ3n) is 5.71. The Kier molecular flexibility index (Phi) is 8.45. The van der Waals surface area contributed by atoms with E-state index in [1.807, 2.05) is 0 Å². The molecule has 0 radical (unpaired) electrons. The lowest BCUT2D eigenvalue weighted by molar-refractivity contribution is -0.138. The van der Waals surface area contributed by atoms with Gasteiger partial charge in [0, 0.05) is 22.8 Å². The summed E-state index contributed by atoms with van der Waals surface area (Å²) in [4.78, 5) is 51.1. The maximum atomic E-state index is 12.9. The van der Waals surface area contributed by atoms with Crippen LogP contribution in [0.1, 0.15) is 38.8 Å². The molecular weight excluding hydrogens is 529 g/mol. The normalized spacial score (nSPS) is 13.1. The summed E-state index contributed by atoms with van der Waals surface area (Å²) in [5, 5.41) is 5.94. The van der Waals surface area contributed by atoms with Gasteiger partial charge in [0.15, 0.2) is 0 Å². The van der Waals surface area contributed by atoms with Crippen LogP contribution in [-0.4, -0.2) is 35.2 Å². The molecule has 0 atom stereocenters. The average molecular weight is 552 g/mol. The van der Waals surface area contributed by atoms with Crippen molar-refractivity contribution in [3.05, 3.63) is 111 Å². The van der Waals surface area contributed by atoms with E-state index < -0.39 is 17.8 Å². The van der Waals surface area contributed by atoms with Gasteiger partial charge in [0.25, 0.3) is 17.7 Å². The van der Waals surface area contributed by atoms with Crippen LogP contribution >= 0.6 is 23.2 Å². The number of amides is 3. The standard InChI is InChI=1S/C28H23Cl2N3O5/c1-2-38-28(37)19-7-5-8-21(14-19)32-25(34)18-12-10-17(11-13-18)15-31-24-23(30)26(35)33(27(24)36)16-20-6-3-4-9-22(20)29/h3-14,31H,2,15-16H2,1H3,(H,32,34). The summed E-state index contributed by atoms with van der Waals surface area (Å²) in [7, 11) is 0. The number of carbonyl (C=O) groups is 4. The van der Waals surface area contributed by atoms with E-state index in [4.69, 9.17) is 27.9 Å². The van der Waals surface area contributed by atoms with Crippen LogP contribution in [0.4, 0.5) is 5.69 Å². The van der Waals surface area contributed by atoms with Gasteiger partial charge in [0.2, 0.25) is 0 Å². The smallest absolute Gasteiger partial charge is 0.338 e. The molecule has 3 aromatic carbocycles. The highest BCUT2D eigenvalue weighted by atomic mass is 35.5. The summed E-state index contributed by atoms with van der Waals surface area (Å²) in [6.45, 7) is 2.18. The molecule has 38 heavy (non-hydrogen) atoms. The number of nitrogens with zero attached hydrogens (tertiary/aromatic N) is 1. The number of ether oxygens (including phenoxy) is 1. The van der Waals surface area contributed by atoms with Gasteiger partial charge >= 0.3 is 5.97 Å². The molecule has 8 nitrogen and oxygen atoms in total. The Morgan fingerprint density at radius 3 is 2.34 bits per heavy atom. The molecule has 0 aromatic heterocycles. The Labute approximate surface area is 229 Å². The van der Waals surface area contributed by atoms with Crippen molar-refractivity contribution in [3.8, 4) is 0 Å². The Morgan fingerprint density at radius 2 is 1.63 bits per heavy atom.